The molecule has 6 nitrogen and oxygen atoms in total. The van der Waals surface area contributed by atoms with Crippen LogP contribution in [0.15, 0.2) is 29.3 Å². The van der Waals surface area contributed by atoms with E-state index in [1.54, 1.807) is 7.11 Å². The zero-order chi connectivity index (χ0) is 20.1. The summed E-state index contributed by atoms with van der Waals surface area (Å²) in [5.74, 6) is 1.76. The number of nitrogens with zero attached hydrogens (tertiary/aromatic N) is 3. The van der Waals surface area contributed by atoms with Gasteiger partial charge in [0.15, 0.2) is 5.96 Å². The lowest BCUT2D eigenvalue weighted by molar-refractivity contribution is 0.404. The van der Waals surface area contributed by atoms with Crippen molar-refractivity contribution < 1.29 is 4.74 Å². The molecule has 0 aliphatic heterocycles. The molecule has 1 aliphatic carbocycles. The van der Waals surface area contributed by atoms with E-state index in [2.05, 4.69) is 52.8 Å². The number of nitrogens with one attached hydrogen (secondary N) is 2. The summed E-state index contributed by atoms with van der Waals surface area (Å²) in [6, 6.07) is 8.52. The lowest BCUT2D eigenvalue weighted by atomic mass is 9.78. The molecule has 3 rings (SSSR count). The fourth-order valence-electron chi connectivity index (χ4n) is 4.29. The molecule has 0 saturated heterocycles. The third kappa shape index (κ3) is 4.16. The Morgan fingerprint density at radius 2 is 2.00 bits per heavy atom. The van der Waals surface area contributed by atoms with Crippen LogP contribution in [0.4, 0.5) is 0 Å². The van der Waals surface area contributed by atoms with E-state index in [1.165, 1.54) is 42.5 Å². The molecule has 6 heteroatoms. The fraction of sp³-hybridized carbons (Fsp3) is 0.545. The molecule has 1 aromatic heterocycles. The van der Waals surface area contributed by atoms with Crippen molar-refractivity contribution in [3.63, 3.8) is 0 Å². The highest BCUT2D eigenvalue weighted by Crippen LogP contribution is 2.41. The van der Waals surface area contributed by atoms with Crippen LogP contribution in [0.5, 0.6) is 5.75 Å². The lowest BCUT2D eigenvalue weighted by Gasteiger charge is -2.31. The molecule has 1 fully saturated rings. The number of aromatic nitrogens is 2. The lowest BCUT2D eigenvalue weighted by Crippen LogP contribution is -2.44. The van der Waals surface area contributed by atoms with Crippen LogP contribution in [0.1, 0.15) is 48.2 Å². The highest BCUT2D eigenvalue weighted by atomic mass is 16.5. The summed E-state index contributed by atoms with van der Waals surface area (Å²) in [5, 5.41) is 11.5. The summed E-state index contributed by atoms with van der Waals surface area (Å²) in [7, 11) is 5.54. The number of hydrogen-bond acceptors (Lipinski definition) is 3. The Labute approximate surface area is 168 Å². The van der Waals surface area contributed by atoms with Crippen molar-refractivity contribution in [2.75, 3.05) is 20.7 Å². The molecule has 1 heterocycles. The molecular formula is C22H33N5O. The molecule has 152 valence electrons. The Morgan fingerprint density at radius 3 is 2.61 bits per heavy atom. The van der Waals surface area contributed by atoms with E-state index in [0.717, 1.165) is 30.5 Å². The van der Waals surface area contributed by atoms with Crippen molar-refractivity contribution >= 4 is 5.96 Å². The van der Waals surface area contributed by atoms with E-state index in [-0.39, 0.29) is 5.41 Å². The second-order valence-electron chi connectivity index (χ2n) is 7.77. The minimum Gasteiger partial charge on any atom is -0.497 e. The number of ether oxygens (including phenoxy) is 1. The van der Waals surface area contributed by atoms with Crippen LogP contribution < -0.4 is 15.4 Å². The molecule has 28 heavy (non-hydrogen) atoms. The molecule has 1 saturated carbocycles. The summed E-state index contributed by atoms with van der Waals surface area (Å²) in [5.41, 5.74) is 4.96. The summed E-state index contributed by atoms with van der Waals surface area (Å²) in [6.07, 6.45) is 4.90. The number of methoxy groups -OCH3 is 1. The SMILES string of the molecule is CN=C(NCc1c(C)nn(C)c1C)NCC1(c2cccc(OC)c2)CCCC1. The van der Waals surface area contributed by atoms with Gasteiger partial charge >= 0.3 is 0 Å². The van der Waals surface area contributed by atoms with E-state index in [0.29, 0.717) is 0 Å². The van der Waals surface area contributed by atoms with Gasteiger partial charge in [0.2, 0.25) is 0 Å². The summed E-state index contributed by atoms with van der Waals surface area (Å²) in [6.45, 7) is 5.74. The van der Waals surface area contributed by atoms with Gasteiger partial charge in [-0.05, 0) is 44.4 Å². The van der Waals surface area contributed by atoms with Crippen molar-refractivity contribution in [2.24, 2.45) is 12.0 Å². The Bertz CT molecular complexity index is 833. The Morgan fingerprint density at radius 1 is 1.25 bits per heavy atom. The van der Waals surface area contributed by atoms with Crippen LogP contribution in [0.25, 0.3) is 0 Å². The monoisotopic (exact) mass is 383 g/mol. The molecular weight excluding hydrogens is 350 g/mol. The smallest absolute Gasteiger partial charge is 0.191 e. The van der Waals surface area contributed by atoms with Gasteiger partial charge in [-0.25, -0.2) is 0 Å². The zero-order valence-electron chi connectivity index (χ0n) is 17.8. The van der Waals surface area contributed by atoms with Gasteiger partial charge in [0.05, 0.1) is 12.8 Å². The largest absolute Gasteiger partial charge is 0.497 e. The molecule has 0 radical (unpaired) electrons. The number of hydrogen-bond donors (Lipinski definition) is 2. The van der Waals surface area contributed by atoms with Gasteiger partial charge < -0.3 is 15.4 Å². The predicted molar refractivity (Wildman–Crippen MR) is 114 cm³/mol. The Kier molecular flexibility index (Phi) is 6.27. The maximum absolute atomic E-state index is 5.45. The van der Waals surface area contributed by atoms with Crippen LogP contribution in [-0.2, 0) is 19.0 Å². The second-order valence-corrected chi connectivity index (χ2v) is 7.77. The van der Waals surface area contributed by atoms with E-state index < -0.39 is 0 Å². The van der Waals surface area contributed by atoms with Gasteiger partial charge in [0.1, 0.15) is 5.75 Å². The zero-order valence-corrected chi connectivity index (χ0v) is 17.8. The number of aliphatic imine (C=N–C) groups is 1. The van der Waals surface area contributed by atoms with Crippen molar-refractivity contribution in [1.82, 2.24) is 20.4 Å². The van der Waals surface area contributed by atoms with Crippen LogP contribution in [-0.4, -0.2) is 36.4 Å². The van der Waals surface area contributed by atoms with Crippen LogP contribution in [0.3, 0.4) is 0 Å². The van der Waals surface area contributed by atoms with Gasteiger partial charge in [-0.3, -0.25) is 9.67 Å². The molecule has 2 aromatic rings. The predicted octanol–water partition coefficient (Wildman–Crippen LogP) is 3.22. The van der Waals surface area contributed by atoms with E-state index in [9.17, 15) is 0 Å². The van der Waals surface area contributed by atoms with Gasteiger partial charge in [-0.15, -0.1) is 0 Å². The first kappa shape index (κ1) is 20.2. The highest BCUT2D eigenvalue weighted by Gasteiger charge is 2.36. The summed E-state index contributed by atoms with van der Waals surface area (Å²) >= 11 is 0. The average molecular weight is 384 g/mol. The molecule has 1 aliphatic rings. The van der Waals surface area contributed by atoms with Crippen LogP contribution in [0, 0.1) is 13.8 Å². The molecule has 0 bridgehead atoms. The number of aryl methyl sites for hydroxylation is 2. The first-order valence-corrected chi connectivity index (χ1v) is 10.1. The third-order valence-electron chi connectivity index (χ3n) is 6.15. The average Bonchev–Trinajstić information content (AvgIpc) is 3.28. The van der Waals surface area contributed by atoms with Gasteiger partial charge in [-0.2, -0.15) is 5.10 Å². The molecule has 0 spiro atoms. The van der Waals surface area contributed by atoms with Crippen LogP contribution >= 0.6 is 0 Å². The topological polar surface area (TPSA) is 63.5 Å². The van der Waals surface area contributed by atoms with Gasteiger partial charge in [0, 0.05) is 43.9 Å². The molecule has 0 atom stereocenters. The van der Waals surface area contributed by atoms with Gasteiger partial charge in [0.25, 0.3) is 0 Å². The normalized spacial score (nSPS) is 16.2. The third-order valence-corrected chi connectivity index (χ3v) is 6.15. The minimum absolute atomic E-state index is 0.131. The number of rotatable bonds is 6. The quantitative estimate of drug-likeness (QED) is 0.594. The van der Waals surface area contributed by atoms with Crippen molar-refractivity contribution in [2.45, 2.75) is 51.5 Å². The number of guanidine groups is 1. The fourth-order valence-corrected chi connectivity index (χ4v) is 4.29. The first-order chi connectivity index (χ1) is 13.5. The number of benzene rings is 1. The van der Waals surface area contributed by atoms with E-state index in [4.69, 9.17) is 4.74 Å². The molecule has 0 amide bonds. The van der Waals surface area contributed by atoms with Crippen molar-refractivity contribution in [3.8, 4) is 5.75 Å². The standard InChI is InChI=1S/C22H33N5O/c1-16-20(17(2)27(4)26-16)14-24-21(23-3)25-15-22(11-6-7-12-22)18-9-8-10-19(13-18)28-5/h8-10,13H,6-7,11-12,14-15H2,1-5H3,(H2,23,24,25). The highest BCUT2D eigenvalue weighted by molar-refractivity contribution is 5.79. The van der Waals surface area contributed by atoms with Crippen molar-refractivity contribution in [1.29, 1.82) is 0 Å². The van der Waals surface area contributed by atoms with Gasteiger partial charge in [-0.1, -0.05) is 25.0 Å². The molecule has 0 unspecified atom stereocenters. The van der Waals surface area contributed by atoms with Crippen molar-refractivity contribution in [3.05, 3.63) is 46.8 Å². The maximum atomic E-state index is 5.45. The van der Waals surface area contributed by atoms with E-state index >= 15 is 0 Å². The molecule has 2 N–H and O–H groups in total. The summed E-state index contributed by atoms with van der Waals surface area (Å²) in [4.78, 5) is 4.43. The minimum atomic E-state index is 0.131. The van der Waals surface area contributed by atoms with Crippen LogP contribution in [0.2, 0.25) is 0 Å². The van der Waals surface area contributed by atoms with E-state index in [1.807, 2.05) is 24.8 Å². The summed E-state index contributed by atoms with van der Waals surface area (Å²) < 4.78 is 7.38. The second kappa shape index (κ2) is 8.67. The Hall–Kier alpha value is -2.50. The maximum Gasteiger partial charge on any atom is 0.191 e. The molecule has 1 aromatic carbocycles. The Balaban J connectivity index is 1.68. The first-order valence-electron chi connectivity index (χ1n) is 10.1.